The van der Waals surface area contributed by atoms with Crippen LogP contribution in [-0.4, -0.2) is 42.6 Å². The highest BCUT2D eigenvalue weighted by Crippen LogP contribution is 2.26. The van der Waals surface area contributed by atoms with Crippen molar-refractivity contribution in [3.8, 4) is 0 Å². The molecular weight excluding hydrogens is 292 g/mol. The first-order valence-electron chi connectivity index (χ1n) is 8.66. The van der Waals surface area contributed by atoms with Gasteiger partial charge < -0.3 is 10.6 Å². The summed E-state index contributed by atoms with van der Waals surface area (Å²) < 4.78 is 0. The SMILES string of the molecule is CCNC(=NCc1cccs1)NC1CCN(C2CCCC2)C1. The summed E-state index contributed by atoms with van der Waals surface area (Å²) in [6.07, 6.45) is 6.88. The van der Waals surface area contributed by atoms with E-state index >= 15 is 0 Å². The fourth-order valence-electron chi connectivity index (χ4n) is 3.58. The Morgan fingerprint density at radius 3 is 2.95 bits per heavy atom. The Hall–Kier alpha value is -1.07. The minimum Gasteiger partial charge on any atom is -0.357 e. The van der Waals surface area contributed by atoms with Gasteiger partial charge in [0.1, 0.15) is 0 Å². The van der Waals surface area contributed by atoms with Gasteiger partial charge in [0.25, 0.3) is 0 Å². The van der Waals surface area contributed by atoms with Crippen molar-refractivity contribution in [1.29, 1.82) is 0 Å². The average molecular weight is 321 g/mol. The molecule has 0 bridgehead atoms. The van der Waals surface area contributed by atoms with Crippen LogP contribution < -0.4 is 10.6 Å². The Balaban J connectivity index is 1.51. The lowest BCUT2D eigenvalue weighted by Crippen LogP contribution is -2.45. The van der Waals surface area contributed by atoms with E-state index in [9.17, 15) is 0 Å². The monoisotopic (exact) mass is 320 g/mol. The van der Waals surface area contributed by atoms with Crippen molar-refractivity contribution < 1.29 is 0 Å². The van der Waals surface area contributed by atoms with Crippen LogP contribution in [0.25, 0.3) is 0 Å². The van der Waals surface area contributed by atoms with Crippen LogP contribution in [0.4, 0.5) is 0 Å². The highest BCUT2D eigenvalue weighted by Gasteiger charge is 2.30. The zero-order valence-electron chi connectivity index (χ0n) is 13.6. The van der Waals surface area contributed by atoms with Gasteiger partial charge in [-0.3, -0.25) is 4.90 Å². The molecular formula is C17H28N4S. The van der Waals surface area contributed by atoms with Gasteiger partial charge in [-0.25, -0.2) is 4.99 Å². The zero-order chi connectivity index (χ0) is 15.2. The maximum absolute atomic E-state index is 4.73. The minimum absolute atomic E-state index is 0.543. The van der Waals surface area contributed by atoms with Crippen molar-refractivity contribution in [2.45, 2.75) is 57.7 Å². The predicted molar refractivity (Wildman–Crippen MR) is 94.5 cm³/mol. The molecule has 1 saturated heterocycles. The number of rotatable bonds is 5. The Labute approximate surface area is 138 Å². The standard InChI is InChI=1S/C17H28N4S/c1-2-18-17(19-12-16-8-5-11-22-16)20-14-9-10-21(13-14)15-6-3-4-7-15/h5,8,11,14-15H,2-4,6-7,9-10,12-13H2,1H3,(H2,18,19,20). The summed E-state index contributed by atoms with van der Waals surface area (Å²) >= 11 is 1.77. The van der Waals surface area contributed by atoms with E-state index in [0.29, 0.717) is 6.04 Å². The van der Waals surface area contributed by atoms with Crippen LogP contribution >= 0.6 is 11.3 Å². The van der Waals surface area contributed by atoms with Gasteiger partial charge in [0.15, 0.2) is 5.96 Å². The number of nitrogens with zero attached hydrogens (tertiary/aromatic N) is 2. The third-order valence-corrected chi connectivity index (χ3v) is 5.58. The summed E-state index contributed by atoms with van der Waals surface area (Å²) in [5.74, 6) is 0.967. The largest absolute Gasteiger partial charge is 0.357 e. The van der Waals surface area contributed by atoms with Crippen LogP contribution in [0.3, 0.4) is 0 Å². The van der Waals surface area contributed by atoms with Gasteiger partial charge in [-0.15, -0.1) is 11.3 Å². The van der Waals surface area contributed by atoms with E-state index in [1.165, 1.54) is 50.1 Å². The van der Waals surface area contributed by atoms with Gasteiger partial charge in [-0.1, -0.05) is 18.9 Å². The lowest BCUT2D eigenvalue weighted by Gasteiger charge is -2.24. The summed E-state index contributed by atoms with van der Waals surface area (Å²) in [6, 6.07) is 5.63. The van der Waals surface area contributed by atoms with E-state index < -0.39 is 0 Å². The second-order valence-corrected chi connectivity index (χ2v) is 7.37. The Bertz CT molecular complexity index is 465. The van der Waals surface area contributed by atoms with Crippen molar-refractivity contribution in [2.24, 2.45) is 4.99 Å². The first-order valence-corrected chi connectivity index (χ1v) is 9.54. The van der Waals surface area contributed by atoms with E-state index in [4.69, 9.17) is 4.99 Å². The summed E-state index contributed by atoms with van der Waals surface area (Å²) in [4.78, 5) is 8.73. The first kappa shape index (κ1) is 15.8. The highest BCUT2D eigenvalue weighted by atomic mass is 32.1. The normalized spacial score (nSPS) is 24.0. The molecule has 1 aliphatic carbocycles. The van der Waals surface area contributed by atoms with Gasteiger partial charge in [0, 0.05) is 36.6 Å². The molecule has 22 heavy (non-hydrogen) atoms. The Morgan fingerprint density at radius 2 is 2.23 bits per heavy atom. The predicted octanol–water partition coefficient (Wildman–Crippen LogP) is 2.82. The van der Waals surface area contributed by atoms with Crippen LogP contribution in [0.15, 0.2) is 22.5 Å². The van der Waals surface area contributed by atoms with Crippen molar-refractivity contribution in [3.05, 3.63) is 22.4 Å². The van der Waals surface area contributed by atoms with Crippen molar-refractivity contribution in [1.82, 2.24) is 15.5 Å². The van der Waals surface area contributed by atoms with E-state index in [0.717, 1.165) is 25.1 Å². The molecule has 2 heterocycles. The molecule has 0 spiro atoms. The molecule has 2 fully saturated rings. The number of likely N-dealkylation sites (tertiary alicyclic amines) is 1. The molecule has 1 aromatic rings. The fraction of sp³-hybridized carbons (Fsp3) is 0.706. The van der Waals surface area contributed by atoms with Gasteiger partial charge >= 0.3 is 0 Å². The molecule has 2 N–H and O–H groups in total. The van der Waals surface area contributed by atoms with E-state index in [-0.39, 0.29) is 0 Å². The molecule has 5 heteroatoms. The van der Waals surface area contributed by atoms with Crippen molar-refractivity contribution in [2.75, 3.05) is 19.6 Å². The number of aliphatic imine (C=N–C) groups is 1. The lowest BCUT2D eigenvalue weighted by molar-refractivity contribution is 0.242. The molecule has 122 valence electrons. The number of thiophene rings is 1. The third kappa shape index (κ3) is 4.23. The van der Waals surface area contributed by atoms with Crippen molar-refractivity contribution >= 4 is 17.3 Å². The van der Waals surface area contributed by atoms with Gasteiger partial charge in [0.2, 0.25) is 0 Å². The molecule has 1 aliphatic heterocycles. The third-order valence-electron chi connectivity index (χ3n) is 4.72. The van der Waals surface area contributed by atoms with E-state index in [2.05, 4.69) is 40.0 Å². The van der Waals surface area contributed by atoms with Crippen LogP contribution in [0.2, 0.25) is 0 Å². The molecule has 2 aliphatic rings. The Kier molecular flexibility index (Phi) is 5.73. The molecule has 4 nitrogen and oxygen atoms in total. The first-order chi connectivity index (χ1) is 10.8. The summed E-state index contributed by atoms with van der Waals surface area (Å²) in [5, 5.41) is 9.13. The topological polar surface area (TPSA) is 39.7 Å². The van der Waals surface area contributed by atoms with Crippen LogP contribution in [0.1, 0.15) is 43.9 Å². The number of nitrogens with one attached hydrogen (secondary N) is 2. The quantitative estimate of drug-likeness (QED) is 0.647. The number of guanidine groups is 1. The van der Waals surface area contributed by atoms with Gasteiger partial charge in [0.05, 0.1) is 6.54 Å². The molecule has 1 saturated carbocycles. The fourth-order valence-corrected chi connectivity index (χ4v) is 4.21. The zero-order valence-corrected chi connectivity index (χ0v) is 14.4. The maximum atomic E-state index is 4.73. The second kappa shape index (κ2) is 7.97. The number of hydrogen-bond acceptors (Lipinski definition) is 3. The van der Waals surface area contributed by atoms with Crippen LogP contribution in [0.5, 0.6) is 0 Å². The number of hydrogen-bond donors (Lipinski definition) is 2. The van der Waals surface area contributed by atoms with Gasteiger partial charge in [-0.05, 0) is 37.6 Å². The summed E-state index contributed by atoms with van der Waals surface area (Å²) in [7, 11) is 0. The molecule has 1 unspecified atom stereocenters. The molecule has 3 rings (SSSR count). The lowest BCUT2D eigenvalue weighted by atomic mass is 10.2. The smallest absolute Gasteiger partial charge is 0.191 e. The molecule has 0 radical (unpaired) electrons. The summed E-state index contributed by atoms with van der Waals surface area (Å²) in [5.41, 5.74) is 0. The van der Waals surface area contributed by atoms with E-state index in [1.807, 2.05) is 0 Å². The molecule has 0 aromatic carbocycles. The van der Waals surface area contributed by atoms with Crippen molar-refractivity contribution in [3.63, 3.8) is 0 Å². The molecule has 1 aromatic heterocycles. The minimum atomic E-state index is 0.543. The summed E-state index contributed by atoms with van der Waals surface area (Å²) in [6.45, 7) is 6.23. The van der Waals surface area contributed by atoms with Crippen LogP contribution in [-0.2, 0) is 6.54 Å². The van der Waals surface area contributed by atoms with Gasteiger partial charge in [-0.2, -0.15) is 0 Å². The Morgan fingerprint density at radius 1 is 1.36 bits per heavy atom. The van der Waals surface area contributed by atoms with Crippen LogP contribution in [0, 0.1) is 0 Å². The maximum Gasteiger partial charge on any atom is 0.191 e. The van der Waals surface area contributed by atoms with E-state index in [1.54, 1.807) is 11.3 Å². The average Bonchev–Trinajstić information content (AvgIpc) is 3.26. The molecule has 0 amide bonds. The second-order valence-electron chi connectivity index (χ2n) is 6.34. The molecule has 1 atom stereocenters. The highest BCUT2D eigenvalue weighted by molar-refractivity contribution is 7.09.